The molecule has 2 aromatic rings. The van der Waals surface area contributed by atoms with Crippen LogP contribution in [-0.2, 0) is 28.8 Å². The van der Waals surface area contributed by atoms with E-state index >= 15 is 0 Å². The van der Waals surface area contributed by atoms with E-state index in [-0.39, 0.29) is 12.1 Å². The molecule has 1 N–H and O–H groups in total. The minimum Gasteiger partial charge on any atom is -0.379 e. The number of alkyl halides is 3. The van der Waals surface area contributed by atoms with E-state index < -0.39 is 17.6 Å². The molecular formula is C20H22F3NO3. The zero-order chi connectivity index (χ0) is 19.7. The largest absolute Gasteiger partial charge is 0.416 e. The Bertz CT molecular complexity index is 730. The Morgan fingerprint density at radius 2 is 1.67 bits per heavy atom. The van der Waals surface area contributed by atoms with Crippen molar-refractivity contribution in [2.45, 2.75) is 26.3 Å². The molecule has 0 atom stereocenters. The molecule has 2 aromatic carbocycles. The second-order valence-electron chi connectivity index (χ2n) is 5.83. The molecule has 0 aromatic heterocycles. The van der Waals surface area contributed by atoms with Gasteiger partial charge in [0.25, 0.3) is 5.91 Å². The van der Waals surface area contributed by atoms with Crippen molar-refractivity contribution in [3.8, 4) is 0 Å². The van der Waals surface area contributed by atoms with Gasteiger partial charge in [0.1, 0.15) is 0 Å². The molecule has 0 radical (unpaired) electrons. The summed E-state index contributed by atoms with van der Waals surface area (Å²) in [5.74, 6) is -0.429. The van der Waals surface area contributed by atoms with Crippen LogP contribution >= 0.6 is 0 Å². The first-order valence-corrected chi connectivity index (χ1v) is 8.59. The molecule has 2 rings (SSSR count). The van der Waals surface area contributed by atoms with Gasteiger partial charge in [-0.25, -0.2) is 0 Å². The number of amides is 1. The van der Waals surface area contributed by atoms with Crippen LogP contribution in [0.5, 0.6) is 0 Å². The minimum absolute atomic E-state index is 0.179. The van der Waals surface area contributed by atoms with Crippen LogP contribution in [0.15, 0.2) is 48.5 Å². The number of carbonyl (C=O) groups is 1. The van der Waals surface area contributed by atoms with Crippen molar-refractivity contribution in [2.75, 3.05) is 19.8 Å². The Morgan fingerprint density at radius 1 is 1.00 bits per heavy atom. The van der Waals surface area contributed by atoms with Crippen molar-refractivity contribution in [2.24, 2.45) is 0 Å². The number of ether oxygens (including phenoxy) is 2. The average molecular weight is 381 g/mol. The summed E-state index contributed by atoms with van der Waals surface area (Å²) in [4.78, 5) is 12.1. The fourth-order valence-electron chi connectivity index (χ4n) is 2.38. The van der Waals surface area contributed by atoms with Crippen LogP contribution in [0.1, 0.15) is 34.0 Å². The van der Waals surface area contributed by atoms with Crippen molar-refractivity contribution in [3.05, 3.63) is 70.8 Å². The molecule has 1 amide bonds. The highest BCUT2D eigenvalue weighted by atomic mass is 19.4. The smallest absolute Gasteiger partial charge is 0.379 e. The molecular weight excluding hydrogens is 359 g/mol. The fraction of sp³-hybridized carbons (Fsp3) is 0.350. The van der Waals surface area contributed by atoms with Gasteiger partial charge in [0, 0.05) is 18.7 Å². The summed E-state index contributed by atoms with van der Waals surface area (Å²) in [6.45, 7) is 4.32. The van der Waals surface area contributed by atoms with Crippen molar-refractivity contribution in [1.82, 2.24) is 5.32 Å². The quantitative estimate of drug-likeness (QED) is 0.663. The summed E-state index contributed by atoms with van der Waals surface area (Å²) in [6.07, 6.45) is -4.42. The molecule has 27 heavy (non-hydrogen) atoms. The number of hydrogen-bond acceptors (Lipinski definition) is 3. The maximum Gasteiger partial charge on any atom is 0.416 e. The van der Waals surface area contributed by atoms with E-state index in [4.69, 9.17) is 9.47 Å². The van der Waals surface area contributed by atoms with Crippen molar-refractivity contribution < 1.29 is 27.4 Å². The first kappa shape index (κ1) is 20.9. The number of nitrogens with one attached hydrogen (secondary N) is 1. The predicted molar refractivity (Wildman–Crippen MR) is 95.2 cm³/mol. The maximum absolute atomic E-state index is 12.6. The lowest BCUT2D eigenvalue weighted by molar-refractivity contribution is -0.137. The molecule has 0 fully saturated rings. The van der Waals surface area contributed by atoms with Crippen LogP contribution in [-0.4, -0.2) is 25.7 Å². The number of carbonyl (C=O) groups excluding carboxylic acids is 1. The van der Waals surface area contributed by atoms with Crippen LogP contribution in [0.4, 0.5) is 13.2 Å². The number of halogens is 3. The molecule has 7 heteroatoms. The number of rotatable bonds is 9. The van der Waals surface area contributed by atoms with Crippen LogP contribution in [0.2, 0.25) is 0 Å². The minimum atomic E-state index is -4.42. The van der Waals surface area contributed by atoms with Gasteiger partial charge in [-0.15, -0.1) is 0 Å². The Hall–Kier alpha value is -2.38. The van der Waals surface area contributed by atoms with Gasteiger partial charge in [-0.2, -0.15) is 13.2 Å². The van der Waals surface area contributed by atoms with E-state index in [9.17, 15) is 18.0 Å². The zero-order valence-corrected chi connectivity index (χ0v) is 15.0. The van der Waals surface area contributed by atoms with Gasteiger partial charge in [-0.3, -0.25) is 4.79 Å². The van der Waals surface area contributed by atoms with E-state index in [1.165, 1.54) is 12.1 Å². The van der Waals surface area contributed by atoms with Gasteiger partial charge in [0.2, 0.25) is 0 Å². The standard InChI is InChI=1S/C20H22F3NO3/c1-2-26-10-11-27-14-16-5-3-4-15(12-16)13-24-19(25)17-6-8-18(9-7-17)20(21,22)23/h3-9,12H,2,10-11,13-14H2,1H3,(H,24,25). The molecule has 0 aliphatic heterocycles. The lowest BCUT2D eigenvalue weighted by atomic mass is 10.1. The van der Waals surface area contributed by atoms with Crippen LogP contribution in [0, 0.1) is 0 Å². The van der Waals surface area contributed by atoms with Crippen molar-refractivity contribution >= 4 is 5.91 Å². The highest BCUT2D eigenvalue weighted by Gasteiger charge is 2.30. The molecule has 0 aliphatic rings. The predicted octanol–water partition coefficient (Wildman–Crippen LogP) is 4.19. The molecule has 0 saturated carbocycles. The second-order valence-corrected chi connectivity index (χ2v) is 5.83. The van der Waals surface area contributed by atoms with Gasteiger partial charge >= 0.3 is 6.18 Å². The Labute approximate surface area is 156 Å². The first-order chi connectivity index (χ1) is 12.9. The van der Waals surface area contributed by atoms with Crippen LogP contribution in [0.25, 0.3) is 0 Å². The van der Waals surface area contributed by atoms with Crippen molar-refractivity contribution in [3.63, 3.8) is 0 Å². The highest BCUT2D eigenvalue weighted by Crippen LogP contribution is 2.29. The van der Waals surface area contributed by atoms with E-state index in [0.717, 1.165) is 23.3 Å². The van der Waals surface area contributed by atoms with E-state index in [1.807, 2.05) is 31.2 Å². The summed E-state index contributed by atoms with van der Waals surface area (Å²) in [5, 5.41) is 2.70. The lowest BCUT2D eigenvalue weighted by Gasteiger charge is -2.10. The normalized spacial score (nSPS) is 11.4. The molecule has 0 saturated heterocycles. The highest BCUT2D eigenvalue weighted by molar-refractivity contribution is 5.94. The van der Waals surface area contributed by atoms with Gasteiger partial charge in [0.05, 0.1) is 25.4 Å². The van der Waals surface area contributed by atoms with Gasteiger partial charge in [-0.05, 0) is 42.3 Å². The van der Waals surface area contributed by atoms with Crippen LogP contribution in [0.3, 0.4) is 0 Å². The number of benzene rings is 2. The molecule has 0 spiro atoms. The summed E-state index contributed by atoms with van der Waals surface area (Å²) in [5.41, 5.74) is 1.24. The summed E-state index contributed by atoms with van der Waals surface area (Å²) in [6, 6.07) is 11.7. The summed E-state index contributed by atoms with van der Waals surface area (Å²) >= 11 is 0. The topological polar surface area (TPSA) is 47.6 Å². The Morgan fingerprint density at radius 3 is 2.33 bits per heavy atom. The van der Waals surface area contributed by atoms with E-state index in [2.05, 4.69) is 5.32 Å². The van der Waals surface area contributed by atoms with Gasteiger partial charge in [-0.1, -0.05) is 24.3 Å². The maximum atomic E-state index is 12.6. The molecule has 0 heterocycles. The monoisotopic (exact) mass is 381 g/mol. The average Bonchev–Trinajstić information content (AvgIpc) is 2.66. The fourth-order valence-corrected chi connectivity index (χ4v) is 2.38. The molecule has 4 nitrogen and oxygen atoms in total. The van der Waals surface area contributed by atoms with Gasteiger partial charge < -0.3 is 14.8 Å². The lowest BCUT2D eigenvalue weighted by Crippen LogP contribution is -2.23. The Balaban J connectivity index is 1.85. The molecule has 146 valence electrons. The Kier molecular flexibility index (Phi) is 7.82. The SMILES string of the molecule is CCOCCOCc1cccc(CNC(=O)c2ccc(C(F)(F)F)cc2)c1. The summed E-state index contributed by atoms with van der Waals surface area (Å²) < 4.78 is 48.4. The second kappa shape index (κ2) is 10.1. The van der Waals surface area contributed by atoms with Crippen molar-refractivity contribution in [1.29, 1.82) is 0 Å². The van der Waals surface area contributed by atoms with Crippen LogP contribution < -0.4 is 5.32 Å². The van der Waals surface area contributed by atoms with E-state index in [0.29, 0.717) is 26.4 Å². The molecule has 0 aliphatic carbocycles. The molecule has 0 unspecified atom stereocenters. The third kappa shape index (κ3) is 7.03. The first-order valence-electron chi connectivity index (χ1n) is 8.59. The third-order valence-electron chi connectivity index (χ3n) is 3.76. The zero-order valence-electron chi connectivity index (χ0n) is 15.0. The summed E-state index contributed by atoms with van der Waals surface area (Å²) in [7, 11) is 0. The number of hydrogen-bond donors (Lipinski definition) is 1. The molecule has 0 bridgehead atoms. The van der Waals surface area contributed by atoms with E-state index in [1.54, 1.807) is 0 Å². The third-order valence-corrected chi connectivity index (χ3v) is 3.76. The van der Waals surface area contributed by atoms with Gasteiger partial charge in [0.15, 0.2) is 0 Å².